The van der Waals surface area contributed by atoms with Crippen LogP contribution in [-0.4, -0.2) is 35.6 Å². The van der Waals surface area contributed by atoms with Gasteiger partial charge >= 0.3 is 5.97 Å². The molecular weight excluding hydrogens is 226 g/mol. The van der Waals surface area contributed by atoms with Gasteiger partial charge in [0.25, 0.3) is 0 Å². The van der Waals surface area contributed by atoms with Gasteiger partial charge in [0.15, 0.2) is 0 Å². The van der Waals surface area contributed by atoms with E-state index in [2.05, 4.69) is 32.7 Å². The normalized spacial score (nSPS) is 28.9. The second-order valence-electron chi connectivity index (χ2n) is 6.15. The molecule has 1 N–H and O–H groups in total. The highest BCUT2D eigenvalue weighted by atomic mass is 16.4. The molecule has 0 radical (unpaired) electrons. The summed E-state index contributed by atoms with van der Waals surface area (Å²) in [7, 11) is 2.08. The van der Waals surface area contributed by atoms with Crippen molar-refractivity contribution >= 4 is 5.97 Å². The summed E-state index contributed by atoms with van der Waals surface area (Å²) in [5.74, 6) is 0.100. The molecule has 0 unspecified atom stereocenters. The summed E-state index contributed by atoms with van der Waals surface area (Å²) in [6.45, 7) is 7.31. The highest BCUT2D eigenvalue weighted by molar-refractivity contribution is 5.75. The van der Waals surface area contributed by atoms with Crippen LogP contribution >= 0.6 is 0 Å². The lowest BCUT2D eigenvalue weighted by Gasteiger charge is -2.40. The van der Waals surface area contributed by atoms with Crippen molar-refractivity contribution in [2.45, 2.75) is 65.3 Å². The van der Waals surface area contributed by atoms with Gasteiger partial charge in [-0.25, -0.2) is 0 Å². The summed E-state index contributed by atoms with van der Waals surface area (Å²) in [5, 5.41) is 9.62. The minimum Gasteiger partial charge on any atom is -0.481 e. The molecule has 0 saturated heterocycles. The van der Waals surface area contributed by atoms with E-state index in [4.69, 9.17) is 0 Å². The number of hydrogen-bond donors (Lipinski definition) is 1. The second-order valence-corrected chi connectivity index (χ2v) is 6.15. The number of hydrogen-bond acceptors (Lipinski definition) is 2. The molecule has 1 saturated carbocycles. The fourth-order valence-corrected chi connectivity index (χ4v) is 3.27. The zero-order chi connectivity index (χ0) is 13.8. The van der Waals surface area contributed by atoms with Gasteiger partial charge in [-0.2, -0.15) is 0 Å². The Hall–Kier alpha value is -0.570. The van der Waals surface area contributed by atoms with Crippen LogP contribution < -0.4 is 0 Å². The Morgan fingerprint density at radius 2 is 1.83 bits per heavy atom. The Bertz CT molecular complexity index is 266. The number of nitrogens with zero attached hydrogens (tertiary/aromatic N) is 1. The third-order valence-corrected chi connectivity index (χ3v) is 4.80. The molecule has 0 heterocycles. The predicted molar refractivity (Wildman–Crippen MR) is 74.7 cm³/mol. The number of carboxylic acids is 1. The van der Waals surface area contributed by atoms with E-state index in [-0.39, 0.29) is 0 Å². The van der Waals surface area contributed by atoms with E-state index in [1.165, 1.54) is 0 Å². The first-order valence-electron chi connectivity index (χ1n) is 7.38. The second kappa shape index (κ2) is 6.55. The largest absolute Gasteiger partial charge is 0.481 e. The summed E-state index contributed by atoms with van der Waals surface area (Å²) >= 11 is 0. The van der Waals surface area contributed by atoms with Crippen molar-refractivity contribution in [2.24, 2.45) is 11.3 Å². The third-order valence-electron chi connectivity index (χ3n) is 4.80. The van der Waals surface area contributed by atoms with Crippen molar-refractivity contribution in [2.75, 3.05) is 13.6 Å². The third kappa shape index (κ3) is 3.47. The van der Waals surface area contributed by atoms with Gasteiger partial charge in [-0.05, 0) is 51.5 Å². The van der Waals surface area contributed by atoms with Crippen molar-refractivity contribution in [1.82, 2.24) is 4.90 Å². The van der Waals surface area contributed by atoms with E-state index in [0.29, 0.717) is 18.5 Å². The highest BCUT2D eigenvalue weighted by Gasteiger charge is 2.42. The van der Waals surface area contributed by atoms with Crippen molar-refractivity contribution in [3.63, 3.8) is 0 Å². The monoisotopic (exact) mass is 255 g/mol. The number of carbonyl (C=O) groups is 1. The summed E-state index contributed by atoms with van der Waals surface area (Å²) in [6, 6.07) is 0.514. The zero-order valence-electron chi connectivity index (χ0n) is 12.4. The van der Waals surface area contributed by atoms with Gasteiger partial charge < -0.3 is 10.0 Å². The summed E-state index contributed by atoms with van der Waals surface area (Å²) in [5.41, 5.74) is -0.496. The quantitative estimate of drug-likeness (QED) is 0.791. The van der Waals surface area contributed by atoms with E-state index < -0.39 is 11.4 Å². The molecule has 0 spiro atoms. The molecule has 0 aliphatic heterocycles. The van der Waals surface area contributed by atoms with E-state index >= 15 is 0 Å². The molecule has 0 aromatic carbocycles. The van der Waals surface area contributed by atoms with Crippen molar-refractivity contribution in [3.8, 4) is 0 Å². The van der Waals surface area contributed by atoms with Crippen LogP contribution in [-0.2, 0) is 4.79 Å². The standard InChI is InChI=1S/C15H29NO2/c1-5-13(6-2)16(4)11-15(14(17)18)9-7-12(3)8-10-15/h12-13H,5-11H2,1-4H3,(H,17,18). The maximum absolute atomic E-state index is 11.7. The number of carboxylic acid groups (broad SMARTS) is 1. The van der Waals surface area contributed by atoms with Gasteiger partial charge in [0.2, 0.25) is 0 Å². The fourth-order valence-electron chi connectivity index (χ4n) is 3.27. The molecule has 1 rings (SSSR count). The highest BCUT2D eigenvalue weighted by Crippen LogP contribution is 2.40. The molecular formula is C15H29NO2. The minimum atomic E-state index is -0.591. The summed E-state index contributed by atoms with van der Waals surface area (Å²) in [4.78, 5) is 14.0. The van der Waals surface area contributed by atoms with E-state index in [1.54, 1.807) is 0 Å². The first-order chi connectivity index (χ1) is 8.45. The van der Waals surface area contributed by atoms with Gasteiger partial charge in [0.1, 0.15) is 0 Å². The van der Waals surface area contributed by atoms with Crippen LogP contribution in [0, 0.1) is 11.3 Å². The lowest BCUT2D eigenvalue weighted by Crippen LogP contribution is -2.47. The Morgan fingerprint density at radius 3 is 2.22 bits per heavy atom. The van der Waals surface area contributed by atoms with Crippen LogP contribution in [0.4, 0.5) is 0 Å². The molecule has 1 aliphatic rings. The molecule has 18 heavy (non-hydrogen) atoms. The average molecular weight is 255 g/mol. The van der Waals surface area contributed by atoms with Gasteiger partial charge in [-0.15, -0.1) is 0 Å². The molecule has 106 valence electrons. The fraction of sp³-hybridized carbons (Fsp3) is 0.933. The topological polar surface area (TPSA) is 40.5 Å². The molecule has 0 amide bonds. The lowest BCUT2D eigenvalue weighted by molar-refractivity contribution is -0.153. The molecule has 0 aromatic rings. The van der Waals surface area contributed by atoms with Gasteiger partial charge in [-0.3, -0.25) is 4.79 Å². The molecule has 0 aromatic heterocycles. The van der Waals surface area contributed by atoms with E-state index in [0.717, 1.165) is 38.5 Å². The molecule has 1 fully saturated rings. The first-order valence-corrected chi connectivity index (χ1v) is 7.38. The number of aliphatic carboxylic acids is 1. The zero-order valence-corrected chi connectivity index (χ0v) is 12.4. The van der Waals surface area contributed by atoms with Crippen LogP contribution in [0.25, 0.3) is 0 Å². The smallest absolute Gasteiger partial charge is 0.310 e. The van der Waals surface area contributed by atoms with Crippen LogP contribution in [0.5, 0.6) is 0 Å². The maximum Gasteiger partial charge on any atom is 0.310 e. The molecule has 0 bridgehead atoms. The van der Waals surface area contributed by atoms with Crippen molar-refractivity contribution < 1.29 is 9.90 Å². The van der Waals surface area contributed by atoms with Gasteiger partial charge in [0, 0.05) is 12.6 Å². The van der Waals surface area contributed by atoms with Gasteiger partial charge in [-0.1, -0.05) is 20.8 Å². The molecule has 3 heteroatoms. The van der Waals surface area contributed by atoms with Crippen LogP contribution in [0.2, 0.25) is 0 Å². The van der Waals surface area contributed by atoms with Gasteiger partial charge in [0.05, 0.1) is 5.41 Å². The number of rotatable bonds is 6. The maximum atomic E-state index is 11.7. The van der Waals surface area contributed by atoms with E-state index in [9.17, 15) is 9.90 Å². The Balaban J connectivity index is 2.71. The van der Waals surface area contributed by atoms with Crippen LogP contribution in [0.15, 0.2) is 0 Å². The van der Waals surface area contributed by atoms with E-state index in [1.807, 2.05) is 0 Å². The van der Waals surface area contributed by atoms with Crippen LogP contribution in [0.1, 0.15) is 59.3 Å². The Labute approximate surface area is 112 Å². The summed E-state index contributed by atoms with van der Waals surface area (Å²) in [6.07, 6.45) is 5.99. The Morgan fingerprint density at radius 1 is 1.33 bits per heavy atom. The average Bonchev–Trinajstić information content (AvgIpc) is 2.33. The molecule has 3 nitrogen and oxygen atoms in total. The lowest BCUT2D eigenvalue weighted by atomic mass is 9.70. The predicted octanol–water partition coefficient (Wildman–Crippen LogP) is 3.39. The Kier molecular flexibility index (Phi) is 5.64. The summed E-state index contributed by atoms with van der Waals surface area (Å²) < 4.78 is 0. The minimum absolute atomic E-state index is 0.496. The van der Waals surface area contributed by atoms with Crippen molar-refractivity contribution in [3.05, 3.63) is 0 Å². The first kappa shape index (κ1) is 15.5. The molecule has 0 atom stereocenters. The molecule has 1 aliphatic carbocycles. The van der Waals surface area contributed by atoms with Crippen LogP contribution in [0.3, 0.4) is 0 Å². The SMILES string of the molecule is CCC(CC)N(C)CC1(C(=O)O)CCC(C)CC1. The van der Waals surface area contributed by atoms with Crippen molar-refractivity contribution in [1.29, 1.82) is 0 Å².